The van der Waals surface area contributed by atoms with E-state index in [4.69, 9.17) is 10.2 Å². The summed E-state index contributed by atoms with van der Waals surface area (Å²) in [7, 11) is 0. The average molecular weight is 196 g/mol. The molecule has 0 fully saturated rings. The number of carbonyl (C=O) groups is 1. The Labute approximate surface area is 80.1 Å². The van der Waals surface area contributed by atoms with Crippen LogP contribution in [0.1, 0.15) is 15.9 Å². The topological polar surface area (TPSA) is 57.5 Å². The lowest BCUT2D eigenvalue weighted by molar-refractivity contribution is 0.0692. The van der Waals surface area contributed by atoms with E-state index in [2.05, 4.69) is 0 Å². The van der Waals surface area contributed by atoms with Crippen molar-refractivity contribution in [3.05, 3.63) is 41.2 Å². The van der Waals surface area contributed by atoms with Gasteiger partial charge in [-0.2, -0.15) is 0 Å². The van der Waals surface area contributed by atoms with Crippen LogP contribution in [0.25, 0.3) is 6.08 Å². The summed E-state index contributed by atoms with van der Waals surface area (Å²) in [5.41, 5.74) is 0.169. The molecule has 0 saturated heterocycles. The molecule has 4 heteroatoms. The number of aliphatic hydroxyl groups is 1. The molecule has 0 aliphatic rings. The van der Waals surface area contributed by atoms with Gasteiger partial charge in [-0.25, -0.2) is 9.18 Å². The van der Waals surface area contributed by atoms with E-state index in [1.54, 1.807) is 0 Å². The van der Waals surface area contributed by atoms with E-state index in [1.807, 2.05) is 0 Å². The van der Waals surface area contributed by atoms with Crippen molar-refractivity contribution < 1.29 is 19.4 Å². The second-order valence-corrected chi connectivity index (χ2v) is 2.63. The van der Waals surface area contributed by atoms with Crippen LogP contribution < -0.4 is 0 Å². The maximum Gasteiger partial charge on any atom is 0.338 e. The van der Waals surface area contributed by atoms with Crippen molar-refractivity contribution in [2.24, 2.45) is 0 Å². The normalized spacial score (nSPS) is 10.7. The molecule has 0 heterocycles. The molecule has 3 nitrogen and oxygen atoms in total. The predicted octanol–water partition coefficient (Wildman–Crippen LogP) is 1.53. The zero-order valence-electron chi connectivity index (χ0n) is 7.27. The van der Waals surface area contributed by atoms with Gasteiger partial charge < -0.3 is 10.2 Å². The average Bonchev–Trinajstić information content (AvgIpc) is 2.16. The number of carboxylic acid groups (broad SMARTS) is 1. The lowest BCUT2D eigenvalue weighted by Crippen LogP contribution is -2.00. The zero-order chi connectivity index (χ0) is 10.6. The first kappa shape index (κ1) is 10.4. The van der Waals surface area contributed by atoms with E-state index in [-0.39, 0.29) is 12.2 Å². The fourth-order valence-corrected chi connectivity index (χ4v) is 0.999. The third kappa shape index (κ3) is 2.40. The van der Waals surface area contributed by atoms with Crippen LogP contribution >= 0.6 is 0 Å². The summed E-state index contributed by atoms with van der Waals surface area (Å²) >= 11 is 0. The summed E-state index contributed by atoms with van der Waals surface area (Å²) in [5, 5.41) is 17.1. The number of aromatic carboxylic acids is 1. The third-order valence-corrected chi connectivity index (χ3v) is 1.64. The molecule has 0 amide bonds. The highest BCUT2D eigenvalue weighted by molar-refractivity contribution is 5.88. The smallest absolute Gasteiger partial charge is 0.338 e. The summed E-state index contributed by atoms with van der Waals surface area (Å²) in [5.74, 6) is -2.07. The molecule has 0 spiro atoms. The Hall–Kier alpha value is -1.68. The van der Waals surface area contributed by atoms with Crippen molar-refractivity contribution in [1.29, 1.82) is 0 Å². The number of halogens is 1. The van der Waals surface area contributed by atoms with Crippen molar-refractivity contribution in [2.45, 2.75) is 0 Å². The van der Waals surface area contributed by atoms with Crippen LogP contribution in [-0.4, -0.2) is 22.8 Å². The molecular weight excluding hydrogens is 187 g/mol. The first-order valence-corrected chi connectivity index (χ1v) is 3.95. The van der Waals surface area contributed by atoms with Crippen LogP contribution in [0.5, 0.6) is 0 Å². The lowest BCUT2D eigenvalue weighted by Gasteiger charge is -1.98. The molecule has 0 saturated carbocycles. The summed E-state index contributed by atoms with van der Waals surface area (Å²) < 4.78 is 12.9. The minimum atomic E-state index is -1.30. The highest BCUT2D eigenvalue weighted by atomic mass is 19.1. The van der Waals surface area contributed by atoms with Crippen molar-refractivity contribution >= 4 is 12.0 Å². The first-order valence-electron chi connectivity index (χ1n) is 3.95. The Morgan fingerprint density at radius 2 is 2.21 bits per heavy atom. The van der Waals surface area contributed by atoms with Crippen LogP contribution in [0.2, 0.25) is 0 Å². The van der Waals surface area contributed by atoms with Crippen LogP contribution in [0, 0.1) is 5.82 Å². The van der Waals surface area contributed by atoms with Crippen LogP contribution in [0.4, 0.5) is 4.39 Å². The van der Waals surface area contributed by atoms with Crippen molar-refractivity contribution in [1.82, 2.24) is 0 Å². The number of rotatable bonds is 3. The number of hydrogen-bond donors (Lipinski definition) is 2. The summed E-state index contributed by atoms with van der Waals surface area (Å²) in [6.45, 7) is -0.139. The molecule has 2 N–H and O–H groups in total. The predicted molar refractivity (Wildman–Crippen MR) is 49.5 cm³/mol. The summed E-state index contributed by atoms with van der Waals surface area (Å²) in [6.07, 6.45) is 2.96. The van der Waals surface area contributed by atoms with Gasteiger partial charge in [0.15, 0.2) is 0 Å². The molecule has 74 valence electrons. The second-order valence-electron chi connectivity index (χ2n) is 2.63. The molecule has 1 rings (SSSR count). The zero-order valence-corrected chi connectivity index (χ0v) is 7.27. The van der Waals surface area contributed by atoms with Gasteiger partial charge in [-0.3, -0.25) is 0 Å². The van der Waals surface area contributed by atoms with E-state index in [1.165, 1.54) is 24.3 Å². The quantitative estimate of drug-likeness (QED) is 0.770. The number of carboxylic acids is 1. The fraction of sp³-hybridized carbons (Fsp3) is 0.100. The highest BCUT2D eigenvalue weighted by Gasteiger charge is 2.09. The van der Waals surface area contributed by atoms with Gasteiger partial charge in [0.1, 0.15) is 5.82 Å². The number of benzene rings is 1. The largest absolute Gasteiger partial charge is 0.478 e. The van der Waals surface area contributed by atoms with Gasteiger partial charge in [-0.1, -0.05) is 18.2 Å². The second kappa shape index (κ2) is 4.53. The molecule has 0 aliphatic heterocycles. The minimum Gasteiger partial charge on any atom is -0.478 e. The Kier molecular flexibility index (Phi) is 3.36. The molecule has 1 aromatic rings. The SMILES string of the molecule is O=C(O)c1cc(C=CCO)ccc1F. The molecule has 0 atom stereocenters. The molecule has 0 unspecified atom stereocenters. The van der Waals surface area contributed by atoms with Gasteiger partial charge in [0.05, 0.1) is 12.2 Å². The van der Waals surface area contributed by atoms with Gasteiger partial charge >= 0.3 is 5.97 Å². The van der Waals surface area contributed by atoms with Gasteiger partial charge in [-0.05, 0) is 17.7 Å². The maximum absolute atomic E-state index is 12.9. The van der Waals surface area contributed by atoms with Crippen molar-refractivity contribution in [3.8, 4) is 0 Å². The molecule has 0 radical (unpaired) electrons. The monoisotopic (exact) mass is 196 g/mol. The first-order chi connectivity index (χ1) is 6.65. The highest BCUT2D eigenvalue weighted by Crippen LogP contribution is 2.11. The van der Waals surface area contributed by atoms with E-state index < -0.39 is 11.8 Å². The minimum absolute atomic E-state index is 0.139. The Morgan fingerprint density at radius 1 is 1.50 bits per heavy atom. The van der Waals surface area contributed by atoms with E-state index in [0.29, 0.717) is 5.56 Å². The Morgan fingerprint density at radius 3 is 2.79 bits per heavy atom. The van der Waals surface area contributed by atoms with E-state index in [9.17, 15) is 9.18 Å². The standard InChI is InChI=1S/C10H9FO3/c11-9-4-3-7(2-1-5-12)6-8(9)10(13)14/h1-4,6,12H,5H2,(H,13,14). The molecule has 0 bridgehead atoms. The van der Waals surface area contributed by atoms with Crippen molar-refractivity contribution in [2.75, 3.05) is 6.61 Å². The van der Waals surface area contributed by atoms with Gasteiger partial charge in [0, 0.05) is 0 Å². The van der Waals surface area contributed by atoms with Crippen molar-refractivity contribution in [3.63, 3.8) is 0 Å². The molecular formula is C10H9FO3. The van der Waals surface area contributed by atoms with Gasteiger partial charge in [-0.15, -0.1) is 0 Å². The third-order valence-electron chi connectivity index (χ3n) is 1.64. The van der Waals surface area contributed by atoms with Crippen LogP contribution in [-0.2, 0) is 0 Å². The van der Waals surface area contributed by atoms with Gasteiger partial charge in [0.25, 0.3) is 0 Å². The Bertz CT molecular complexity index is 372. The Balaban J connectivity index is 3.06. The molecule has 1 aromatic carbocycles. The van der Waals surface area contributed by atoms with Crippen LogP contribution in [0.15, 0.2) is 24.3 Å². The summed E-state index contributed by atoms with van der Waals surface area (Å²) in [4.78, 5) is 10.5. The lowest BCUT2D eigenvalue weighted by atomic mass is 10.1. The van der Waals surface area contributed by atoms with E-state index >= 15 is 0 Å². The van der Waals surface area contributed by atoms with Gasteiger partial charge in [0.2, 0.25) is 0 Å². The summed E-state index contributed by atoms with van der Waals surface area (Å²) in [6, 6.07) is 3.73. The molecule has 0 aromatic heterocycles. The number of hydrogen-bond acceptors (Lipinski definition) is 2. The molecule has 14 heavy (non-hydrogen) atoms. The molecule has 0 aliphatic carbocycles. The van der Waals surface area contributed by atoms with E-state index in [0.717, 1.165) is 6.07 Å². The van der Waals surface area contributed by atoms with Crippen LogP contribution in [0.3, 0.4) is 0 Å². The number of aliphatic hydroxyl groups excluding tert-OH is 1. The maximum atomic E-state index is 12.9. The fourth-order valence-electron chi connectivity index (χ4n) is 0.999.